The quantitative estimate of drug-likeness (QED) is 0.759. The minimum atomic E-state index is -0.0288. The van der Waals surface area contributed by atoms with E-state index < -0.39 is 0 Å². The summed E-state index contributed by atoms with van der Waals surface area (Å²) in [6, 6.07) is 0. The van der Waals surface area contributed by atoms with Crippen LogP contribution in [0.2, 0.25) is 0 Å². The molecule has 1 atom stereocenters. The third-order valence-corrected chi connectivity index (χ3v) is 3.33. The maximum Gasteiger partial charge on any atom is 0.174 e. The molecule has 3 heterocycles. The number of likely N-dealkylation sites (tertiary alicyclic amines) is 1. The van der Waals surface area contributed by atoms with Crippen molar-refractivity contribution in [3.63, 3.8) is 0 Å². The number of H-pyrrole nitrogens is 1. The maximum absolute atomic E-state index is 5.45. The summed E-state index contributed by atoms with van der Waals surface area (Å²) in [5.41, 5.74) is 0. The van der Waals surface area contributed by atoms with Crippen LogP contribution in [0.15, 0.2) is 0 Å². The Balaban J connectivity index is 1.45. The van der Waals surface area contributed by atoms with E-state index >= 15 is 0 Å². The summed E-state index contributed by atoms with van der Waals surface area (Å²) in [6.07, 6.45) is 2.06. The molecule has 0 bridgehead atoms. The van der Waals surface area contributed by atoms with Gasteiger partial charge in [-0.1, -0.05) is 5.21 Å². The van der Waals surface area contributed by atoms with E-state index in [2.05, 4.69) is 25.5 Å². The SMILES string of the molecule is C1COC(CN2CCC(Cc3nn[nH]n3)C2)O1. The number of aromatic amines is 1. The molecule has 0 saturated carbocycles. The summed E-state index contributed by atoms with van der Waals surface area (Å²) in [7, 11) is 0. The van der Waals surface area contributed by atoms with E-state index in [1.165, 1.54) is 6.42 Å². The first-order valence-corrected chi connectivity index (χ1v) is 6.08. The molecule has 1 aromatic rings. The Morgan fingerprint density at radius 1 is 1.35 bits per heavy atom. The summed E-state index contributed by atoms with van der Waals surface area (Å²) in [5.74, 6) is 1.43. The van der Waals surface area contributed by atoms with Gasteiger partial charge in [-0.25, -0.2) is 0 Å². The number of hydrogen-bond acceptors (Lipinski definition) is 6. The highest BCUT2D eigenvalue weighted by Gasteiger charge is 2.27. The average molecular weight is 239 g/mol. The summed E-state index contributed by atoms with van der Waals surface area (Å²) < 4.78 is 10.9. The zero-order valence-corrected chi connectivity index (χ0v) is 9.71. The highest BCUT2D eigenvalue weighted by Crippen LogP contribution is 2.20. The van der Waals surface area contributed by atoms with Gasteiger partial charge in [-0.3, -0.25) is 4.90 Å². The number of tetrazole rings is 1. The molecule has 7 nitrogen and oxygen atoms in total. The zero-order chi connectivity index (χ0) is 11.5. The van der Waals surface area contributed by atoms with Crippen LogP contribution in [0.5, 0.6) is 0 Å². The minimum Gasteiger partial charge on any atom is -0.349 e. The van der Waals surface area contributed by atoms with Crippen molar-refractivity contribution < 1.29 is 9.47 Å². The van der Waals surface area contributed by atoms with Gasteiger partial charge in [0.2, 0.25) is 0 Å². The van der Waals surface area contributed by atoms with E-state index in [9.17, 15) is 0 Å². The Kier molecular flexibility index (Phi) is 3.30. The summed E-state index contributed by atoms with van der Waals surface area (Å²) in [5, 5.41) is 14.1. The van der Waals surface area contributed by atoms with Crippen LogP contribution in [0.3, 0.4) is 0 Å². The maximum atomic E-state index is 5.45. The van der Waals surface area contributed by atoms with Gasteiger partial charge in [0.1, 0.15) is 0 Å². The molecule has 2 fully saturated rings. The van der Waals surface area contributed by atoms with Crippen molar-refractivity contribution in [2.75, 3.05) is 32.8 Å². The molecule has 2 aliphatic heterocycles. The number of hydrogen-bond donors (Lipinski definition) is 1. The molecule has 1 N–H and O–H groups in total. The summed E-state index contributed by atoms with van der Waals surface area (Å²) >= 11 is 0. The van der Waals surface area contributed by atoms with Crippen molar-refractivity contribution in [1.29, 1.82) is 0 Å². The average Bonchev–Trinajstić information content (AvgIpc) is 3.02. The summed E-state index contributed by atoms with van der Waals surface area (Å²) in [4.78, 5) is 2.39. The van der Waals surface area contributed by atoms with E-state index in [0.29, 0.717) is 5.92 Å². The number of nitrogens with one attached hydrogen (secondary N) is 1. The number of nitrogens with zero attached hydrogens (tertiary/aromatic N) is 4. The van der Waals surface area contributed by atoms with Gasteiger partial charge < -0.3 is 9.47 Å². The smallest absolute Gasteiger partial charge is 0.174 e. The first-order valence-electron chi connectivity index (χ1n) is 6.08. The Hall–Kier alpha value is -1.05. The lowest BCUT2D eigenvalue weighted by Gasteiger charge is -2.19. The largest absolute Gasteiger partial charge is 0.349 e. The van der Waals surface area contributed by atoms with Crippen molar-refractivity contribution in [3.8, 4) is 0 Å². The van der Waals surface area contributed by atoms with E-state index in [1.807, 2.05) is 0 Å². The van der Waals surface area contributed by atoms with Gasteiger partial charge in [0.25, 0.3) is 0 Å². The number of ether oxygens (including phenoxy) is 2. The van der Waals surface area contributed by atoms with E-state index in [4.69, 9.17) is 9.47 Å². The zero-order valence-electron chi connectivity index (χ0n) is 9.71. The van der Waals surface area contributed by atoms with Gasteiger partial charge in [0, 0.05) is 19.5 Å². The Morgan fingerprint density at radius 3 is 3.00 bits per heavy atom. The van der Waals surface area contributed by atoms with Gasteiger partial charge in [-0.05, 0) is 18.9 Å². The molecule has 0 aliphatic carbocycles. The second-order valence-corrected chi connectivity index (χ2v) is 4.62. The molecule has 2 saturated heterocycles. The van der Waals surface area contributed by atoms with Crippen molar-refractivity contribution >= 4 is 0 Å². The molecule has 7 heteroatoms. The van der Waals surface area contributed by atoms with Crippen LogP contribution in [0, 0.1) is 5.92 Å². The molecule has 3 rings (SSSR count). The fourth-order valence-electron chi connectivity index (χ4n) is 2.50. The first kappa shape index (κ1) is 11.1. The second kappa shape index (κ2) is 5.07. The minimum absolute atomic E-state index is 0.0288. The van der Waals surface area contributed by atoms with Crippen LogP contribution < -0.4 is 0 Å². The van der Waals surface area contributed by atoms with Crippen LogP contribution in [0.4, 0.5) is 0 Å². The van der Waals surface area contributed by atoms with Gasteiger partial charge in [0.05, 0.1) is 13.2 Å². The lowest BCUT2D eigenvalue weighted by molar-refractivity contribution is -0.0590. The molecular formula is C10H17N5O2. The molecule has 0 amide bonds. The lowest BCUT2D eigenvalue weighted by Crippen LogP contribution is -2.31. The van der Waals surface area contributed by atoms with Gasteiger partial charge >= 0.3 is 0 Å². The Bertz CT molecular complexity index is 338. The number of rotatable bonds is 4. The Labute approximate surface area is 99.5 Å². The van der Waals surface area contributed by atoms with Gasteiger partial charge in [-0.2, -0.15) is 5.21 Å². The molecule has 0 radical (unpaired) electrons. The van der Waals surface area contributed by atoms with Gasteiger partial charge in [0.15, 0.2) is 12.1 Å². The fourth-order valence-corrected chi connectivity index (χ4v) is 2.50. The third-order valence-electron chi connectivity index (χ3n) is 3.33. The fraction of sp³-hybridized carbons (Fsp3) is 0.900. The van der Waals surface area contributed by atoms with Crippen LogP contribution in [0.1, 0.15) is 12.2 Å². The molecule has 1 aromatic heterocycles. The van der Waals surface area contributed by atoms with Gasteiger partial charge in [-0.15, -0.1) is 10.2 Å². The molecule has 0 spiro atoms. The monoisotopic (exact) mass is 239 g/mol. The standard InChI is InChI=1S/C10H17N5O2/c1-2-15(7-10-16-3-4-17-10)6-8(1)5-9-11-13-14-12-9/h8,10H,1-7H2,(H,11,12,13,14). The molecule has 94 valence electrons. The molecule has 1 unspecified atom stereocenters. The third kappa shape index (κ3) is 2.80. The molecule has 2 aliphatic rings. The van der Waals surface area contributed by atoms with Crippen LogP contribution in [0.25, 0.3) is 0 Å². The van der Waals surface area contributed by atoms with Crippen LogP contribution in [-0.2, 0) is 15.9 Å². The molecule has 0 aromatic carbocycles. The predicted molar refractivity (Wildman–Crippen MR) is 58.1 cm³/mol. The Morgan fingerprint density at radius 2 is 2.24 bits per heavy atom. The van der Waals surface area contributed by atoms with Crippen molar-refractivity contribution in [2.45, 2.75) is 19.1 Å². The highest BCUT2D eigenvalue weighted by molar-refractivity contribution is 4.86. The van der Waals surface area contributed by atoms with E-state index in [1.54, 1.807) is 0 Å². The van der Waals surface area contributed by atoms with Crippen LogP contribution in [-0.4, -0.2) is 64.7 Å². The molecular weight excluding hydrogens is 222 g/mol. The van der Waals surface area contributed by atoms with Crippen molar-refractivity contribution in [1.82, 2.24) is 25.5 Å². The second-order valence-electron chi connectivity index (χ2n) is 4.62. The summed E-state index contributed by atoms with van der Waals surface area (Å²) in [6.45, 7) is 4.50. The topological polar surface area (TPSA) is 76.2 Å². The predicted octanol–water partition coefficient (Wildman–Crippen LogP) is -0.563. The van der Waals surface area contributed by atoms with E-state index in [-0.39, 0.29) is 6.29 Å². The number of aromatic nitrogens is 4. The van der Waals surface area contributed by atoms with E-state index in [0.717, 1.165) is 45.1 Å². The van der Waals surface area contributed by atoms with Crippen LogP contribution >= 0.6 is 0 Å². The normalized spacial score (nSPS) is 26.9. The molecule has 17 heavy (non-hydrogen) atoms. The highest BCUT2D eigenvalue weighted by atomic mass is 16.7. The first-order chi connectivity index (χ1) is 8.40. The van der Waals surface area contributed by atoms with Crippen molar-refractivity contribution in [3.05, 3.63) is 5.82 Å². The van der Waals surface area contributed by atoms with Crippen molar-refractivity contribution in [2.24, 2.45) is 5.92 Å². The lowest BCUT2D eigenvalue weighted by atomic mass is 10.1.